The van der Waals surface area contributed by atoms with Gasteiger partial charge in [-0.1, -0.05) is 77.4 Å². The fourth-order valence-corrected chi connectivity index (χ4v) is 4.79. The van der Waals surface area contributed by atoms with Crippen LogP contribution in [-0.2, 0) is 16.0 Å². The molecule has 0 saturated carbocycles. The van der Waals surface area contributed by atoms with E-state index in [1.54, 1.807) is 0 Å². The Morgan fingerprint density at radius 3 is 2.06 bits per heavy atom. The van der Waals surface area contributed by atoms with Crippen LogP contribution >= 0.6 is 0 Å². The Morgan fingerprint density at radius 2 is 1.50 bits per heavy atom. The van der Waals surface area contributed by atoms with E-state index < -0.39 is 12.2 Å². The van der Waals surface area contributed by atoms with E-state index in [4.69, 9.17) is 9.47 Å². The van der Waals surface area contributed by atoms with Crippen LogP contribution in [0.3, 0.4) is 0 Å². The lowest BCUT2D eigenvalue weighted by atomic mass is 9.84. The predicted molar refractivity (Wildman–Crippen MR) is 134 cm³/mol. The third-order valence-electron chi connectivity index (χ3n) is 6.53. The van der Waals surface area contributed by atoms with Gasteiger partial charge in [0.05, 0.1) is 12.5 Å². The Labute approximate surface area is 202 Å². The van der Waals surface area contributed by atoms with Crippen LogP contribution in [0.1, 0.15) is 57.7 Å². The molecule has 1 N–H and O–H groups in total. The molecule has 0 radical (unpaired) electrons. The van der Waals surface area contributed by atoms with E-state index in [9.17, 15) is 9.90 Å². The quantitative estimate of drug-likeness (QED) is 0.459. The van der Waals surface area contributed by atoms with E-state index in [0.717, 1.165) is 23.3 Å². The molecule has 4 heteroatoms. The van der Waals surface area contributed by atoms with E-state index in [0.29, 0.717) is 6.42 Å². The second-order valence-electron chi connectivity index (χ2n) is 9.66. The first-order valence-corrected chi connectivity index (χ1v) is 12.0. The zero-order valence-electron chi connectivity index (χ0n) is 20.5. The maximum absolute atomic E-state index is 11.7. The monoisotopic (exact) mass is 458 g/mol. The molecule has 1 fully saturated rings. The summed E-state index contributed by atoms with van der Waals surface area (Å²) in [5.41, 5.74) is 8.39. The zero-order valence-corrected chi connectivity index (χ0v) is 20.5. The topological polar surface area (TPSA) is 55.8 Å². The van der Waals surface area contributed by atoms with E-state index in [-0.39, 0.29) is 24.9 Å². The van der Waals surface area contributed by atoms with E-state index in [1.165, 1.54) is 27.8 Å². The third-order valence-corrected chi connectivity index (χ3v) is 6.53. The number of cyclic esters (lactones) is 1. The summed E-state index contributed by atoms with van der Waals surface area (Å²) in [6, 6.07) is 21.8. The number of ether oxygens (including phenoxy) is 2. The van der Waals surface area contributed by atoms with Crippen LogP contribution in [-0.4, -0.2) is 29.9 Å². The Kier molecular flexibility index (Phi) is 7.38. The number of hydrogen-bond donors (Lipinski definition) is 1. The van der Waals surface area contributed by atoms with Crippen molar-refractivity contribution in [3.05, 3.63) is 99.6 Å². The number of carbonyl (C=O) groups excluding carboxylic acids is 1. The molecule has 0 bridgehead atoms. The van der Waals surface area contributed by atoms with Gasteiger partial charge in [0, 0.05) is 12.3 Å². The lowest BCUT2D eigenvalue weighted by Crippen LogP contribution is -2.36. The van der Waals surface area contributed by atoms with Crippen molar-refractivity contribution in [1.29, 1.82) is 0 Å². The number of carbonyl (C=O) groups is 1. The fraction of sp³-hybridized carbons (Fsp3) is 0.367. The molecule has 0 aromatic heterocycles. The van der Waals surface area contributed by atoms with Crippen molar-refractivity contribution in [2.24, 2.45) is 0 Å². The molecule has 2 unspecified atom stereocenters. The van der Waals surface area contributed by atoms with Crippen LogP contribution in [0.25, 0.3) is 0 Å². The number of rotatable bonds is 7. The normalized spacial score (nSPS) is 18.1. The summed E-state index contributed by atoms with van der Waals surface area (Å²) in [5, 5.41) is 9.95. The van der Waals surface area contributed by atoms with Crippen molar-refractivity contribution in [1.82, 2.24) is 0 Å². The summed E-state index contributed by atoms with van der Waals surface area (Å²) in [6.45, 7) is 8.61. The second kappa shape index (κ2) is 10.4. The standard InChI is InChI=1S/C30H34O4/c1-19-5-9-23(10-6-19)28(24-11-7-20(2)8-12-24)15-25-14-21(3)13-22(4)30(25)33-18-27-16-26(31)17-29(32)34-27/h5-14,26-28,31H,15-18H2,1-4H3. The second-order valence-corrected chi connectivity index (χ2v) is 9.66. The molecule has 1 heterocycles. The van der Waals surface area contributed by atoms with Gasteiger partial charge in [0.15, 0.2) is 0 Å². The molecule has 3 aromatic rings. The van der Waals surface area contributed by atoms with Crippen LogP contribution < -0.4 is 4.74 Å². The molecule has 3 aromatic carbocycles. The fourth-order valence-electron chi connectivity index (χ4n) is 4.79. The maximum atomic E-state index is 11.7. The average Bonchev–Trinajstić information content (AvgIpc) is 2.77. The van der Waals surface area contributed by atoms with Gasteiger partial charge in [0.1, 0.15) is 18.5 Å². The van der Waals surface area contributed by atoms with E-state index in [2.05, 4.69) is 88.4 Å². The lowest BCUT2D eigenvalue weighted by molar-refractivity contribution is -0.162. The number of hydrogen-bond acceptors (Lipinski definition) is 4. The van der Waals surface area contributed by atoms with Gasteiger partial charge in [-0.05, 0) is 56.4 Å². The molecular weight excluding hydrogens is 424 g/mol. The Bertz CT molecular complexity index is 1090. The molecule has 34 heavy (non-hydrogen) atoms. The van der Waals surface area contributed by atoms with Gasteiger partial charge in [0.25, 0.3) is 0 Å². The number of aryl methyl sites for hydroxylation is 4. The van der Waals surface area contributed by atoms with Crippen LogP contribution in [0.5, 0.6) is 5.75 Å². The molecule has 2 atom stereocenters. The molecule has 1 aliphatic rings. The molecule has 0 aliphatic carbocycles. The highest BCUT2D eigenvalue weighted by Gasteiger charge is 2.28. The van der Waals surface area contributed by atoms with Gasteiger partial charge in [-0.3, -0.25) is 4.79 Å². The first-order valence-electron chi connectivity index (χ1n) is 12.0. The van der Waals surface area contributed by atoms with Gasteiger partial charge in [-0.2, -0.15) is 0 Å². The molecule has 0 spiro atoms. The lowest BCUT2D eigenvalue weighted by Gasteiger charge is -2.27. The highest BCUT2D eigenvalue weighted by Crippen LogP contribution is 2.35. The molecule has 1 aliphatic heterocycles. The van der Waals surface area contributed by atoms with Crippen molar-refractivity contribution in [2.45, 2.75) is 65.1 Å². The minimum absolute atomic E-state index is 0.0556. The van der Waals surface area contributed by atoms with Crippen molar-refractivity contribution < 1.29 is 19.4 Å². The van der Waals surface area contributed by atoms with Crippen molar-refractivity contribution in [3.8, 4) is 5.75 Å². The molecular formula is C30H34O4. The SMILES string of the molecule is Cc1ccc(C(Cc2cc(C)cc(C)c2OCC2CC(O)CC(=O)O2)c2ccc(C)cc2)cc1. The minimum Gasteiger partial charge on any atom is -0.489 e. The van der Waals surface area contributed by atoms with Crippen molar-refractivity contribution >= 4 is 5.97 Å². The molecule has 4 nitrogen and oxygen atoms in total. The summed E-state index contributed by atoms with van der Waals surface area (Å²) in [5.74, 6) is 0.650. The van der Waals surface area contributed by atoms with E-state index >= 15 is 0 Å². The Morgan fingerprint density at radius 1 is 0.912 bits per heavy atom. The molecule has 4 rings (SSSR count). The van der Waals surface area contributed by atoms with E-state index in [1.807, 2.05) is 0 Å². The van der Waals surface area contributed by atoms with Crippen LogP contribution in [0.15, 0.2) is 60.7 Å². The first kappa shape index (κ1) is 24.0. The van der Waals surface area contributed by atoms with Crippen molar-refractivity contribution in [2.75, 3.05) is 6.61 Å². The Balaban J connectivity index is 1.65. The highest BCUT2D eigenvalue weighted by atomic mass is 16.6. The number of aliphatic hydroxyl groups excluding tert-OH is 1. The first-order chi connectivity index (χ1) is 16.3. The maximum Gasteiger partial charge on any atom is 0.308 e. The minimum atomic E-state index is -0.666. The predicted octanol–water partition coefficient (Wildman–Crippen LogP) is 5.74. The summed E-state index contributed by atoms with van der Waals surface area (Å²) in [6.07, 6.45) is 0.147. The van der Waals surface area contributed by atoms with Crippen molar-refractivity contribution in [3.63, 3.8) is 0 Å². The van der Waals surface area contributed by atoms with Gasteiger partial charge in [-0.15, -0.1) is 0 Å². The molecule has 0 amide bonds. The third kappa shape index (κ3) is 5.87. The summed E-state index contributed by atoms with van der Waals surface area (Å²) in [7, 11) is 0. The number of esters is 1. The smallest absolute Gasteiger partial charge is 0.308 e. The summed E-state index contributed by atoms with van der Waals surface area (Å²) in [4.78, 5) is 11.7. The van der Waals surface area contributed by atoms with Gasteiger partial charge >= 0.3 is 5.97 Å². The van der Waals surface area contributed by atoms with Crippen LogP contribution in [0.4, 0.5) is 0 Å². The average molecular weight is 459 g/mol. The van der Waals surface area contributed by atoms with Gasteiger partial charge in [0.2, 0.25) is 0 Å². The number of aliphatic hydroxyl groups is 1. The largest absolute Gasteiger partial charge is 0.489 e. The molecule has 178 valence electrons. The zero-order chi connectivity index (χ0) is 24.2. The summed E-state index contributed by atoms with van der Waals surface area (Å²) < 4.78 is 11.7. The van der Waals surface area contributed by atoms with Crippen LogP contribution in [0.2, 0.25) is 0 Å². The van der Waals surface area contributed by atoms with Crippen LogP contribution in [0, 0.1) is 27.7 Å². The highest BCUT2D eigenvalue weighted by molar-refractivity contribution is 5.71. The van der Waals surface area contributed by atoms with Gasteiger partial charge in [-0.25, -0.2) is 0 Å². The summed E-state index contributed by atoms with van der Waals surface area (Å²) >= 11 is 0. The van der Waals surface area contributed by atoms with Gasteiger partial charge < -0.3 is 14.6 Å². The Hall–Kier alpha value is -3.11. The number of benzene rings is 3. The molecule has 1 saturated heterocycles.